The number of nitrogens with zero attached hydrogens (tertiary/aromatic N) is 1. The molecule has 0 bridgehead atoms. The number of hydrogen-bond acceptors (Lipinski definition) is 4. The third kappa shape index (κ3) is 4.43. The molecule has 1 aliphatic carbocycles. The van der Waals surface area contributed by atoms with Crippen molar-refractivity contribution in [2.45, 2.75) is 76.8 Å². The molecule has 122 valence electrons. The summed E-state index contributed by atoms with van der Waals surface area (Å²) in [6, 6.07) is 0.491. The molecule has 0 spiro atoms. The van der Waals surface area contributed by atoms with Crippen LogP contribution in [0.15, 0.2) is 0 Å². The Hall–Kier alpha value is -0.610. The highest BCUT2D eigenvalue weighted by atomic mass is 16.5. The molecule has 0 aromatic carbocycles. The van der Waals surface area contributed by atoms with Crippen LogP contribution in [-0.4, -0.2) is 48.7 Å². The molecular formula is C17H32N2O2. The Bertz CT molecular complexity index is 317. The number of hydrogen-bond donors (Lipinski definition) is 1. The second-order valence-electron chi connectivity index (χ2n) is 6.57. The van der Waals surface area contributed by atoms with E-state index in [1.165, 1.54) is 38.5 Å². The standard InChI is InChI=1S/C17H32N2O2/c1-3-19-13-11-17(12-14-19,16(20)21-4-2)18-15-9-7-5-6-8-10-15/h15,18H,3-14H2,1-2H3. The fraction of sp³-hybridized carbons (Fsp3) is 0.941. The SMILES string of the molecule is CCOC(=O)C1(NC2CCCCCC2)CCN(CC)CC1. The molecule has 0 amide bonds. The first-order valence-electron chi connectivity index (χ1n) is 8.87. The molecule has 4 nitrogen and oxygen atoms in total. The molecule has 2 fully saturated rings. The van der Waals surface area contributed by atoms with E-state index in [2.05, 4.69) is 17.1 Å². The predicted molar refractivity (Wildman–Crippen MR) is 85.3 cm³/mol. The second kappa shape index (κ2) is 8.14. The summed E-state index contributed by atoms with van der Waals surface area (Å²) >= 11 is 0. The van der Waals surface area contributed by atoms with Crippen molar-refractivity contribution >= 4 is 5.97 Å². The number of likely N-dealkylation sites (tertiary alicyclic amines) is 1. The maximum Gasteiger partial charge on any atom is 0.326 e. The fourth-order valence-corrected chi connectivity index (χ4v) is 3.74. The number of nitrogens with one attached hydrogen (secondary N) is 1. The zero-order valence-corrected chi connectivity index (χ0v) is 13.8. The third-order valence-corrected chi connectivity index (χ3v) is 5.16. The van der Waals surface area contributed by atoms with Gasteiger partial charge in [-0.1, -0.05) is 32.6 Å². The highest BCUT2D eigenvalue weighted by Crippen LogP contribution is 2.27. The van der Waals surface area contributed by atoms with E-state index < -0.39 is 5.54 Å². The number of rotatable bonds is 5. The van der Waals surface area contributed by atoms with E-state index in [1.54, 1.807) is 0 Å². The minimum atomic E-state index is -0.434. The summed E-state index contributed by atoms with van der Waals surface area (Å²) in [5, 5.41) is 3.74. The normalized spacial score (nSPS) is 24.5. The summed E-state index contributed by atoms with van der Waals surface area (Å²) in [5.41, 5.74) is -0.434. The number of ether oxygens (including phenoxy) is 1. The molecule has 2 rings (SSSR count). The maximum atomic E-state index is 12.6. The topological polar surface area (TPSA) is 41.6 Å². The van der Waals surface area contributed by atoms with Crippen molar-refractivity contribution in [3.05, 3.63) is 0 Å². The lowest BCUT2D eigenvalue weighted by Gasteiger charge is -2.42. The summed E-state index contributed by atoms with van der Waals surface area (Å²) < 4.78 is 5.41. The van der Waals surface area contributed by atoms with Gasteiger partial charge in [-0.05, 0) is 39.2 Å². The molecule has 1 aliphatic heterocycles. The zero-order valence-electron chi connectivity index (χ0n) is 13.8. The van der Waals surface area contributed by atoms with Crippen LogP contribution in [0.5, 0.6) is 0 Å². The summed E-state index contributed by atoms with van der Waals surface area (Å²) in [4.78, 5) is 15.0. The average Bonchev–Trinajstić information content (AvgIpc) is 2.77. The van der Waals surface area contributed by atoms with Crippen LogP contribution in [0.3, 0.4) is 0 Å². The molecule has 4 heteroatoms. The molecule has 2 aliphatic rings. The predicted octanol–water partition coefficient (Wildman–Crippen LogP) is 2.72. The van der Waals surface area contributed by atoms with Crippen LogP contribution in [0.25, 0.3) is 0 Å². The minimum Gasteiger partial charge on any atom is -0.465 e. The number of carbonyl (C=O) groups is 1. The average molecular weight is 296 g/mol. The molecule has 0 unspecified atom stereocenters. The van der Waals surface area contributed by atoms with Gasteiger partial charge in [0.2, 0.25) is 0 Å². The van der Waals surface area contributed by atoms with Gasteiger partial charge >= 0.3 is 5.97 Å². The Kier molecular flexibility index (Phi) is 6.49. The maximum absolute atomic E-state index is 12.6. The van der Waals surface area contributed by atoms with E-state index >= 15 is 0 Å². The zero-order chi connectivity index (χ0) is 15.1. The van der Waals surface area contributed by atoms with E-state index in [1.807, 2.05) is 6.92 Å². The smallest absolute Gasteiger partial charge is 0.326 e. The minimum absolute atomic E-state index is 0.0231. The number of esters is 1. The molecule has 21 heavy (non-hydrogen) atoms. The molecule has 0 aromatic heterocycles. The van der Waals surface area contributed by atoms with Crippen molar-refractivity contribution in [2.75, 3.05) is 26.2 Å². The fourth-order valence-electron chi connectivity index (χ4n) is 3.74. The van der Waals surface area contributed by atoms with Gasteiger partial charge in [0.1, 0.15) is 5.54 Å². The first-order chi connectivity index (χ1) is 10.2. The number of piperidine rings is 1. The van der Waals surface area contributed by atoms with Crippen LogP contribution < -0.4 is 5.32 Å². The Morgan fingerprint density at radius 1 is 1.14 bits per heavy atom. The van der Waals surface area contributed by atoms with E-state index in [0.717, 1.165) is 32.5 Å². The molecule has 0 radical (unpaired) electrons. The summed E-state index contributed by atoms with van der Waals surface area (Å²) in [7, 11) is 0. The van der Waals surface area contributed by atoms with Crippen LogP contribution in [0.2, 0.25) is 0 Å². The largest absolute Gasteiger partial charge is 0.465 e. The Labute approximate surface area is 129 Å². The Morgan fingerprint density at radius 2 is 1.76 bits per heavy atom. The van der Waals surface area contributed by atoms with Gasteiger partial charge in [0, 0.05) is 19.1 Å². The number of carbonyl (C=O) groups excluding carboxylic acids is 1. The van der Waals surface area contributed by atoms with E-state index in [0.29, 0.717) is 12.6 Å². The highest BCUT2D eigenvalue weighted by Gasteiger charge is 2.43. The first kappa shape index (κ1) is 16.8. The van der Waals surface area contributed by atoms with Crippen molar-refractivity contribution in [1.82, 2.24) is 10.2 Å². The molecule has 1 saturated carbocycles. The Balaban J connectivity index is 2.02. The van der Waals surface area contributed by atoms with Gasteiger partial charge in [-0.25, -0.2) is 0 Å². The van der Waals surface area contributed by atoms with Crippen molar-refractivity contribution < 1.29 is 9.53 Å². The molecule has 1 N–H and O–H groups in total. The van der Waals surface area contributed by atoms with Gasteiger partial charge in [0.25, 0.3) is 0 Å². The second-order valence-corrected chi connectivity index (χ2v) is 6.57. The van der Waals surface area contributed by atoms with E-state index in [-0.39, 0.29) is 5.97 Å². The monoisotopic (exact) mass is 296 g/mol. The van der Waals surface area contributed by atoms with Gasteiger partial charge < -0.3 is 9.64 Å². The molecule has 1 heterocycles. The van der Waals surface area contributed by atoms with Gasteiger partial charge in [-0.2, -0.15) is 0 Å². The van der Waals surface area contributed by atoms with Crippen LogP contribution in [0.1, 0.15) is 65.2 Å². The summed E-state index contributed by atoms with van der Waals surface area (Å²) in [6.07, 6.45) is 9.45. The van der Waals surface area contributed by atoms with E-state index in [4.69, 9.17) is 4.74 Å². The summed E-state index contributed by atoms with van der Waals surface area (Å²) in [5.74, 6) is -0.0231. The van der Waals surface area contributed by atoms with Crippen LogP contribution in [0.4, 0.5) is 0 Å². The van der Waals surface area contributed by atoms with Crippen molar-refractivity contribution in [3.8, 4) is 0 Å². The van der Waals surface area contributed by atoms with Gasteiger partial charge in [0.05, 0.1) is 6.61 Å². The lowest BCUT2D eigenvalue weighted by Crippen LogP contribution is -2.61. The van der Waals surface area contributed by atoms with E-state index in [9.17, 15) is 4.79 Å². The first-order valence-corrected chi connectivity index (χ1v) is 8.87. The molecule has 1 saturated heterocycles. The van der Waals surface area contributed by atoms with Crippen LogP contribution in [0, 0.1) is 0 Å². The Morgan fingerprint density at radius 3 is 2.29 bits per heavy atom. The highest BCUT2D eigenvalue weighted by molar-refractivity contribution is 5.81. The van der Waals surface area contributed by atoms with Gasteiger partial charge in [-0.15, -0.1) is 0 Å². The van der Waals surface area contributed by atoms with Gasteiger partial charge in [0.15, 0.2) is 0 Å². The van der Waals surface area contributed by atoms with Crippen molar-refractivity contribution in [2.24, 2.45) is 0 Å². The molecule has 0 atom stereocenters. The quantitative estimate of drug-likeness (QED) is 0.625. The summed E-state index contributed by atoms with van der Waals surface area (Å²) in [6.45, 7) is 7.63. The lowest BCUT2D eigenvalue weighted by molar-refractivity contribution is -0.154. The third-order valence-electron chi connectivity index (χ3n) is 5.16. The molecular weight excluding hydrogens is 264 g/mol. The van der Waals surface area contributed by atoms with Crippen molar-refractivity contribution in [1.29, 1.82) is 0 Å². The van der Waals surface area contributed by atoms with Crippen molar-refractivity contribution in [3.63, 3.8) is 0 Å². The van der Waals surface area contributed by atoms with Gasteiger partial charge in [-0.3, -0.25) is 10.1 Å². The van der Waals surface area contributed by atoms with Crippen LogP contribution in [-0.2, 0) is 9.53 Å². The molecule has 0 aromatic rings. The van der Waals surface area contributed by atoms with Crippen LogP contribution >= 0.6 is 0 Å². The lowest BCUT2D eigenvalue weighted by atomic mass is 9.85.